The quantitative estimate of drug-likeness (QED) is 0.188. The second kappa shape index (κ2) is 13.6. The Morgan fingerprint density at radius 2 is 1.89 bits per heavy atom. The number of nitrogens with one attached hydrogen (secondary N) is 2. The molecule has 6 heteroatoms. The highest BCUT2D eigenvalue weighted by atomic mass is 35.5. The van der Waals surface area contributed by atoms with Crippen molar-refractivity contribution in [2.45, 2.75) is 66.2 Å². The molecule has 0 aliphatic heterocycles. The SMILES string of the molecule is C/C=C(Cl)\C=C(/CC)CC(C)(C)CC(=O)N/C(C=O)=C(\CCCCO)NC. The molecule has 0 aromatic heterocycles. The average Bonchev–Trinajstić information content (AvgIpc) is 2.62. The summed E-state index contributed by atoms with van der Waals surface area (Å²) in [6.07, 6.45) is 8.36. The zero-order valence-corrected chi connectivity index (χ0v) is 18.1. The minimum absolute atomic E-state index is 0.110. The fraction of sp³-hybridized carbons (Fsp3) is 0.619. The van der Waals surface area contributed by atoms with Gasteiger partial charge in [0.1, 0.15) is 5.70 Å². The Kier molecular flexibility index (Phi) is 12.8. The molecule has 0 spiro atoms. The first-order chi connectivity index (χ1) is 12.7. The lowest BCUT2D eigenvalue weighted by atomic mass is 9.81. The molecule has 5 nitrogen and oxygen atoms in total. The molecule has 27 heavy (non-hydrogen) atoms. The molecule has 3 N–H and O–H groups in total. The maximum absolute atomic E-state index is 12.5. The summed E-state index contributed by atoms with van der Waals surface area (Å²) in [5, 5.41) is 15.3. The molecule has 0 heterocycles. The maximum atomic E-state index is 12.5. The first-order valence-corrected chi connectivity index (χ1v) is 9.88. The van der Waals surface area contributed by atoms with E-state index in [0.29, 0.717) is 36.3 Å². The molecule has 0 rings (SSSR count). The van der Waals surface area contributed by atoms with E-state index < -0.39 is 0 Å². The van der Waals surface area contributed by atoms with Crippen LogP contribution in [0.5, 0.6) is 0 Å². The van der Waals surface area contributed by atoms with Crippen LogP contribution in [0.1, 0.15) is 66.2 Å². The zero-order chi connectivity index (χ0) is 20.9. The van der Waals surface area contributed by atoms with Crippen molar-refractivity contribution < 1.29 is 14.7 Å². The molecule has 0 bridgehead atoms. The summed E-state index contributed by atoms with van der Waals surface area (Å²) in [5.41, 5.74) is 1.86. The molecule has 0 saturated heterocycles. The molecule has 0 aromatic carbocycles. The monoisotopic (exact) mass is 398 g/mol. The van der Waals surface area contributed by atoms with E-state index in [1.807, 2.05) is 32.9 Å². The van der Waals surface area contributed by atoms with Crippen LogP contribution in [-0.2, 0) is 9.59 Å². The van der Waals surface area contributed by atoms with Gasteiger partial charge in [-0.3, -0.25) is 9.59 Å². The van der Waals surface area contributed by atoms with Gasteiger partial charge in [0.2, 0.25) is 5.91 Å². The van der Waals surface area contributed by atoms with Crippen molar-refractivity contribution >= 4 is 23.8 Å². The summed E-state index contributed by atoms with van der Waals surface area (Å²) in [5.74, 6) is -0.190. The van der Waals surface area contributed by atoms with Gasteiger partial charge in [0, 0.05) is 30.8 Å². The number of rotatable bonds is 13. The van der Waals surface area contributed by atoms with Gasteiger partial charge in [-0.05, 0) is 50.5 Å². The summed E-state index contributed by atoms with van der Waals surface area (Å²) < 4.78 is 0. The van der Waals surface area contributed by atoms with E-state index in [2.05, 4.69) is 17.6 Å². The highest BCUT2D eigenvalue weighted by Gasteiger charge is 2.24. The summed E-state index contributed by atoms with van der Waals surface area (Å²) in [6.45, 7) is 8.13. The smallest absolute Gasteiger partial charge is 0.225 e. The predicted molar refractivity (Wildman–Crippen MR) is 112 cm³/mol. The number of aliphatic hydroxyl groups is 1. The normalized spacial score (nSPS) is 13.9. The number of carbonyl (C=O) groups excluding carboxylic acids is 2. The van der Waals surface area contributed by atoms with Crippen molar-refractivity contribution in [2.75, 3.05) is 13.7 Å². The Labute approximate surface area is 168 Å². The summed E-state index contributed by atoms with van der Waals surface area (Å²) in [7, 11) is 1.72. The lowest BCUT2D eigenvalue weighted by Gasteiger charge is -2.25. The minimum atomic E-state index is -0.262. The molecule has 1 amide bonds. The van der Waals surface area contributed by atoms with Gasteiger partial charge in [-0.25, -0.2) is 0 Å². The molecule has 0 unspecified atom stereocenters. The number of aliphatic hydroxyl groups excluding tert-OH is 1. The third-order valence-electron chi connectivity index (χ3n) is 4.27. The lowest BCUT2D eigenvalue weighted by Crippen LogP contribution is -2.31. The highest BCUT2D eigenvalue weighted by Crippen LogP contribution is 2.31. The predicted octanol–water partition coefficient (Wildman–Crippen LogP) is 4.18. The van der Waals surface area contributed by atoms with Crippen LogP contribution >= 0.6 is 11.6 Å². The van der Waals surface area contributed by atoms with Crippen molar-refractivity contribution in [3.63, 3.8) is 0 Å². The minimum Gasteiger partial charge on any atom is -0.396 e. The van der Waals surface area contributed by atoms with Gasteiger partial charge in [-0.1, -0.05) is 44.0 Å². The molecule has 0 radical (unpaired) electrons. The molecule has 0 aliphatic carbocycles. The van der Waals surface area contributed by atoms with Crippen LogP contribution in [0.15, 0.2) is 34.2 Å². The van der Waals surface area contributed by atoms with Crippen molar-refractivity contribution in [3.8, 4) is 0 Å². The summed E-state index contributed by atoms with van der Waals surface area (Å²) >= 11 is 6.10. The average molecular weight is 399 g/mol. The number of amides is 1. The topological polar surface area (TPSA) is 78.4 Å². The van der Waals surface area contributed by atoms with E-state index >= 15 is 0 Å². The zero-order valence-electron chi connectivity index (χ0n) is 17.3. The number of hydrogen-bond acceptors (Lipinski definition) is 4. The Balaban J connectivity index is 5.06. The first-order valence-electron chi connectivity index (χ1n) is 9.51. The number of allylic oxidation sites excluding steroid dienone is 6. The Morgan fingerprint density at radius 1 is 1.22 bits per heavy atom. The largest absolute Gasteiger partial charge is 0.396 e. The highest BCUT2D eigenvalue weighted by molar-refractivity contribution is 6.31. The third-order valence-corrected chi connectivity index (χ3v) is 4.60. The van der Waals surface area contributed by atoms with Crippen LogP contribution in [-0.4, -0.2) is 31.0 Å². The number of unbranched alkanes of at least 4 members (excludes halogenated alkanes) is 1. The molecule has 154 valence electrons. The molecular formula is C21H35ClN2O3. The van der Waals surface area contributed by atoms with Crippen molar-refractivity contribution in [2.24, 2.45) is 5.41 Å². The molecular weight excluding hydrogens is 364 g/mol. The Morgan fingerprint density at radius 3 is 2.37 bits per heavy atom. The second-order valence-corrected chi connectivity index (χ2v) is 7.77. The van der Waals surface area contributed by atoms with Crippen LogP contribution in [0.25, 0.3) is 0 Å². The standard InChI is InChI=1S/C21H35ClN2O3/c1-6-16(12-17(22)7-2)13-21(3,4)14-20(27)24-19(15-26)18(23-5)10-8-9-11-25/h7,12,15,23,25H,6,8-11,13-14H2,1-5H3,(H,24,27)/b16-12+,17-7+,19-18+. The van der Waals surface area contributed by atoms with Gasteiger partial charge in [0.05, 0.1) is 0 Å². The summed E-state index contributed by atoms with van der Waals surface area (Å²) in [6, 6.07) is 0. The molecule has 0 atom stereocenters. The van der Waals surface area contributed by atoms with E-state index in [9.17, 15) is 9.59 Å². The van der Waals surface area contributed by atoms with E-state index in [1.54, 1.807) is 7.05 Å². The molecule has 0 aliphatic rings. The number of hydrogen-bond donors (Lipinski definition) is 3. The van der Waals surface area contributed by atoms with E-state index in [4.69, 9.17) is 16.7 Å². The van der Waals surface area contributed by atoms with E-state index in [1.165, 1.54) is 5.57 Å². The van der Waals surface area contributed by atoms with Crippen LogP contribution < -0.4 is 10.6 Å². The number of aldehydes is 1. The third kappa shape index (κ3) is 11.0. The first kappa shape index (κ1) is 25.4. The fourth-order valence-corrected chi connectivity index (χ4v) is 3.00. The van der Waals surface area contributed by atoms with Gasteiger partial charge >= 0.3 is 0 Å². The van der Waals surface area contributed by atoms with Gasteiger partial charge in [0.15, 0.2) is 6.29 Å². The second-order valence-electron chi connectivity index (χ2n) is 7.34. The van der Waals surface area contributed by atoms with Crippen LogP contribution in [0.2, 0.25) is 0 Å². The maximum Gasteiger partial charge on any atom is 0.225 e. The van der Waals surface area contributed by atoms with E-state index in [-0.39, 0.29) is 23.6 Å². The van der Waals surface area contributed by atoms with Gasteiger partial charge in [-0.15, -0.1) is 0 Å². The molecule has 0 aromatic rings. The Bertz CT molecular complexity index is 578. The lowest BCUT2D eigenvalue weighted by molar-refractivity contribution is -0.123. The number of halogens is 1. The molecule has 0 fully saturated rings. The molecule has 0 saturated carbocycles. The van der Waals surface area contributed by atoms with Gasteiger partial charge < -0.3 is 15.7 Å². The van der Waals surface area contributed by atoms with Crippen molar-refractivity contribution in [1.29, 1.82) is 0 Å². The van der Waals surface area contributed by atoms with Gasteiger partial charge in [0.25, 0.3) is 0 Å². The summed E-state index contributed by atoms with van der Waals surface area (Å²) in [4.78, 5) is 23.9. The van der Waals surface area contributed by atoms with Gasteiger partial charge in [-0.2, -0.15) is 0 Å². The van der Waals surface area contributed by atoms with E-state index in [0.717, 1.165) is 19.3 Å². The van der Waals surface area contributed by atoms with Crippen LogP contribution in [0.3, 0.4) is 0 Å². The van der Waals surface area contributed by atoms with Crippen LogP contribution in [0, 0.1) is 5.41 Å². The van der Waals surface area contributed by atoms with Crippen molar-refractivity contribution in [3.05, 3.63) is 34.2 Å². The van der Waals surface area contributed by atoms with Crippen LogP contribution in [0.4, 0.5) is 0 Å². The fourth-order valence-electron chi connectivity index (χ4n) is 2.85. The number of carbonyl (C=O) groups is 2. The Hall–Kier alpha value is -1.59. The van der Waals surface area contributed by atoms with Crippen molar-refractivity contribution in [1.82, 2.24) is 10.6 Å².